The lowest BCUT2D eigenvalue weighted by molar-refractivity contribution is 0.0697. The molecule has 0 aliphatic rings. The van der Waals surface area contributed by atoms with E-state index in [9.17, 15) is 4.79 Å². The summed E-state index contributed by atoms with van der Waals surface area (Å²) in [6.07, 6.45) is 1.02. The highest BCUT2D eigenvalue weighted by Crippen LogP contribution is 2.21. The predicted molar refractivity (Wildman–Crippen MR) is 68.8 cm³/mol. The van der Waals surface area contributed by atoms with Gasteiger partial charge in [0.1, 0.15) is 11.0 Å². The van der Waals surface area contributed by atoms with E-state index in [0.29, 0.717) is 5.82 Å². The van der Waals surface area contributed by atoms with Crippen molar-refractivity contribution in [2.45, 2.75) is 27.2 Å². The van der Waals surface area contributed by atoms with Crippen molar-refractivity contribution in [1.29, 1.82) is 0 Å². The molecular weight excluding hydrogens is 240 g/mol. The predicted octanol–water partition coefficient (Wildman–Crippen LogP) is 3.28. The third kappa shape index (κ3) is 4.23. The molecule has 1 aromatic rings. The van der Waals surface area contributed by atoms with Crippen LogP contribution in [0.15, 0.2) is 12.1 Å². The number of nitrogens with one attached hydrogen (secondary N) is 1. The Bertz CT molecular complexity index is 419. The smallest absolute Gasteiger partial charge is 0.335 e. The summed E-state index contributed by atoms with van der Waals surface area (Å²) in [6.45, 7) is 7.08. The van der Waals surface area contributed by atoms with Crippen LogP contribution in [-0.2, 0) is 0 Å². The van der Waals surface area contributed by atoms with E-state index in [2.05, 4.69) is 31.1 Å². The van der Waals surface area contributed by atoms with Gasteiger partial charge in [-0.05, 0) is 24.0 Å². The van der Waals surface area contributed by atoms with Gasteiger partial charge in [0, 0.05) is 6.54 Å². The van der Waals surface area contributed by atoms with Gasteiger partial charge in [0.25, 0.3) is 0 Å². The number of hydrogen-bond donors (Lipinski definition) is 2. The van der Waals surface area contributed by atoms with Crippen molar-refractivity contribution in [2.24, 2.45) is 5.41 Å². The van der Waals surface area contributed by atoms with Crippen LogP contribution in [0, 0.1) is 5.41 Å². The fourth-order valence-electron chi connectivity index (χ4n) is 1.17. The largest absolute Gasteiger partial charge is 0.478 e. The van der Waals surface area contributed by atoms with Gasteiger partial charge < -0.3 is 10.4 Å². The standard InChI is InChI=1S/C12H17ClN2O2/c1-4-12(2,3)7-14-10-6-8(11(16)17)5-9(13)15-10/h5-6H,4,7H2,1-3H3,(H,14,15)(H,16,17). The van der Waals surface area contributed by atoms with Gasteiger partial charge in [-0.3, -0.25) is 0 Å². The Morgan fingerprint density at radius 3 is 2.71 bits per heavy atom. The summed E-state index contributed by atoms with van der Waals surface area (Å²) in [5.41, 5.74) is 0.273. The molecule has 1 aromatic heterocycles. The number of hydrogen-bond acceptors (Lipinski definition) is 3. The average Bonchev–Trinajstić information content (AvgIpc) is 2.26. The Kier molecular flexibility index (Phi) is 4.34. The quantitative estimate of drug-likeness (QED) is 0.794. The van der Waals surface area contributed by atoms with E-state index in [0.717, 1.165) is 13.0 Å². The number of carboxylic acid groups (broad SMARTS) is 1. The molecule has 0 fully saturated rings. The lowest BCUT2D eigenvalue weighted by atomic mass is 9.90. The number of pyridine rings is 1. The van der Waals surface area contributed by atoms with Gasteiger partial charge in [-0.1, -0.05) is 32.4 Å². The van der Waals surface area contributed by atoms with Crippen LogP contribution in [0.3, 0.4) is 0 Å². The van der Waals surface area contributed by atoms with Gasteiger partial charge >= 0.3 is 5.97 Å². The van der Waals surface area contributed by atoms with Crippen LogP contribution < -0.4 is 5.32 Å². The number of halogens is 1. The molecule has 5 heteroatoms. The minimum absolute atomic E-state index is 0.132. The molecule has 1 heterocycles. The third-order valence-corrected chi connectivity index (χ3v) is 2.94. The maximum Gasteiger partial charge on any atom is 0.335 e. The summed E-state index contributed by atoms with van der Waals surface area (Å²) >= 11 is 5.76. The second-order valence-corrected chi connectivity index (χ2v) is 5.13. The van der Waals surface area contributed by atoms with Crippen molar-refractivity contribution >= 4 is 23.4 Å². The van der Waals surface area contributed by atoms with Crippen molar-refractivity contribution < 1.29 is 9.90 Å². The summed E-state index contributed by atoms with van der Waals surface area (Å²) < 4.78 is 0. The monoisotopic (exact) mass is 256 g/mol. The van der Waals surface area contributed by atoms with Gasteiger partial charge in [-0.25, -0.2) is 9.78 Å². The minimum atomic E-state index is -1.01. The van der Waals surface area contributed by atoms with Gasteiger partial charge in [-0.15, -0.1) is 0 Å². The first-order valence-electron chi connectivity index (χ1n) is 5.49. The van der Waals surface area contributed by atoms with E-state index < -0.39 is 5.97 Å². The number of aromatic carboxylic acids is 1. The van der Waals surface area contributed by atoms with Crippen LogP contribution in [0.1, 0.15) is 37.6 Å². The molecule has 0 atom stereocenters. The second-order valence-electron chi connectivity index (χ2n) is 4.74. The van der Waals surface area contributed by atoms with Crippen LogP contribution in [0.25, 0.3) is 0 Å². The molecule has 1 rings (SSSR count). The molecule has 0 aliphatic heterocycles. The zero-order valence-corrected chi connectivity index (χ0v) is 11.0. The fourth-order valence-corrected chi connectivity index (χ4v) is 1.37. The normalized spacial score (nSPS) is 11.3. The zero-order chi connectivity index (χ0) is 13.1. The molecule has 2 N–H and O–H groups in total. The Balaban J connectivity index is 2.81. The molecule has 0 aromatic carbocycles. The summed E-state index contributed by atoms with van der Waals surface area (Å²) in [6, 6.07) is 2.82. The number of rotatable bonds is 5. The Labute approximate surface area is 106 Å². The highest BCUT2D eigenvalue weighted by atomic mass is 35.5. The van der Waals surface area contributed by atoms with Gasteiger partial charge in [0.2, 0.25) is 0 Å². The molecule has 0 saturated heterocycles. The first-order valence-corrected chi connectivity index (χ1v) is 5.86. The number of carbonyl (C=O) groups is 1. The van der Waals surface area contributed by atoms with Crippen LogP contribution in [-0.4, -0.2) is 22.6 Å². The molecule has 0 aliphatic carbocycles. The van der Waals surface area contributed by atoms with Crippen molar-refractivity contribution in [1.82, 2.24) is 4.98 Å². The van der Waals surface area contributed by atoms with Crippen LogP contribution >= 0.6 is 11.6 Å². The van der Waals surface area contributed by atoms with Crippen molar-refractivity contribution in [3.05, 3.63) is 22.8 Å². The average molecular weight is 257 g/mol. The molecule has 0 radical (unpaired) electrons. The number of nitrogens with zero attached hydrogens (tertiary/aromatic N) is 1. The van der Waals surface area contributed by atoms with Crippen molar-refractivity contribution in [3.63, 3.8) is 0 Å². The third-order valence-electron chi connectivity index (χ3n) is 2.75. The number of aromatic nitrogens is 1. The molecule has 17 heavy (non-hydrogen) atoms. The van der Waals surface area contributed by atoms with E-state index in [-0.39, 0.29) is 16.1 Å². The highest BCUT2D eigenvalue weighted by molar-refractivity contribution is 6.29. The summed E-state index contributed by atoms with van der Waals surface area (Å²) in [5, 5.41) is 12.2. The van der Waals surface area contributed by atoms with Crippen LogP contribution in [0.4, 0.5) is 5.82 Å². The van der Waals surface area contributed by atoms with E-state index in [4.69, 9.17) is 16.7 Å². The Hall–Kier alpha value is -1.29. The lowest BCUT2D eigenvalue weighted by Gasteiger charge is -2.23. The summed E-state index contributed by atoms with van der Waals surface area (Å²) in [5.74, 6) is -0.511. The topological polar surface area (TPSA) is 62.2 Å². The van der Waals surface area contributed by atoms with E-state index in [1.54, 1.807) is 0 Å². The molecule has 0 bridgehead atoms. The minimum Gasteiger partial charge on any atom is -0.478 e. The molecule has 0 saturated carbocycles. The molecule has 0 spiro atoms. The van der Waals surface area contributed by atoms with Crippen LogP contribution in [0.5, 0.6) is 0 Å². The first-order chi connectivity index (χ1) is 7.84. The molecular formula is C12H17ClN2O2. The van der Waals surface area contributed by atoms with Gasteiger partial charge in [-0.2, -0.15) is 0 Å². The van der Waals surface area contributed by atoms with Crippen molar-refractivity contribution in [2.75, 3.05) is 11.9 Å². The second kappa shape index (κ2) is 5.36. The maximum absolute atomic E-state index is 10.8. The zero-order valence-electron chi connectivity index (χ0n) is 10.2. The van der Waals surface area contributed by atoms with Crippen LogP contribution in [0.2, 0.25) is 5.15 Å². The maximum atomic E-state index is 10.8. The SMILES string of the molecule is CCC(C)(C)CNc1cc(C(=O)O)cc(Cl)n1. The number of anilines is 1. The lowest BCUT2D eigenvalue weighted by Crippen LogP contribution is -2.22. The van der Waals surface area contributed by atoms with Crippen molar-refractivity contribution in [3.8, 4) is 0 Å². The van der Waals surface area contributed by atoms with Gasteiger partial charge in [0.15, 0.2) is 0 Å². The Morgan fingerprint density at radius 2 is 2.18 bits per heavy atom. The fraction of sp³-hybridized carbons (Fsp3) is 0.500. The van der Waals surface area contributed by atoms with Gasteiger partial charge in [0.05, 0.1) is 5.56 Å². The van der Waals surface area contributed by atoms with E-state index >= 15 is 0 Å². The molecule has 94 valence electrons. The highest BCUT2D eigenvalue weighted by Gasteiger charge is 2.15. The molecule has 0 amide bonds. The first kappa shape index (κ1) is 13.8. The summed E-state index contributed by atoms with van der Waals surface area (Å²) in [7, 11) is 0. The Morgan fingerprint density at radius 1 is 1.53 bits per heavy atom. The van der Waals surface area contributed by atoms with E-state index in [1.165, 1.54) is 12.1 Å². The number of carboxylic acids is 1. The van der Waals surface area contributed by atoms with E-state index in [1.807, 2.05) is 0 Å². The summed E-state index contributed by atoms with van der Waals surface area (Å²) in [4.78, 5) is 14.9. The molecule has 0 unspecified atom stereocenters. The molecule has 4 nitrogen and oxygen atoms in total.